The summed E-state index contributed by atoms with van der Waals surface area (Å²) in [7, 11) is -3.63. The zero-order valence-electron chi connectivity index (χ0n) is 14.8. The molecule has 2 rings (SSSR count). The Morgan fingerprint density at radius 3 is 2.31 bits per heavy atom. The maximum atomic E-state index is 12.4. The van der Waals surface area contributed by atoms with Crippen LogP contribution in [-0.4, -0.2) is 33.2 Å². The lowest BCUT2D eigenvalue weighted by atomic mass is 10.3. The molecule has 0 aliphatic carbocycles. The number of hydrogen-bond donors (Lipinski definition) is 1. The van der Waals surface area contributed by atoms with Gasteiger partial charge in [0.25, 0.3) is 0 Å². The fourth-order valence-corrected chi connectivity index (χ4v) is 3.74. The third kappa shape index (κ3) is 5.74. The van der Waals surface area contributed by atoms with Crippen LogP contribution in [0.2, 0.25) is 0 Å². The molecule has 0 bridgehead atoms. The smallest absolute Gasteiger partial charge is 0.245 e. The lowest BCUT2D eigenvalue weighted by molar-refractivity contribution is -0.114. The standard InChI is InChI=1S/C18H21BrN2O4S/c1-13(2)25-15-10-8-14(9-11-15)20-18(22)12-21(26(3,23)24)17-7-5-4-6-16(17)19/h4-11,13H,12H2,1-3H3,(H,20,22). The van der Waals surface area contributed by atoms with Crippen LogP contribution in [0, 0.1) is 0 Å². The molecular weight excluding hydrogens is 420 g/mol. The summed E-state index contributed by atoms with van der Waals surface area (Å²) in [6.45, 7) is 3.53. The number of carbonyl (C=O) groups is 1. The SMILES string of the molecule is CC(C)Oc1ccc(NC(=O)CN(c2ccccc2Br)S(C)(=O)=O)cc1. The Hall–Kier alpha value is -2.06. The van der Waals surface area contributed by atoms with E-state index < -0.39 is 15.9 Å². The van der Waals surface area contributed by atoms with E-state index in [-0.39, 0.29) is 12.6 Å². The number of para-hydroxylation sites is 1. The van der Waals surface area contributed by atoms with Crippen LogP contribution in [0.4, 0.5) is 11.4 Å². The normalized spacial score (nSPS) is 11.3. The van der Waals surface area contributed by atoms with Gasteiger partial charge >= 0.3 is 0 Å². The Balaban J connectivity index is 2.12. The van der Waals surface area contributed by atoms with Gasteiger partial charge in [0.05, 0.1) is 18.0 Å². The van der Waals surface area contributed by atoms with Crippen molar-refractivity contribution in [3.63, 3.8) is 0 Å². The van der Waals surface area contributed by atoms with E-state index in [0.29, 0.717) is 21.6 Å². The third-order valence-electron chi connectivity index (χ3n) is 3.32. The second kappa shape index (κ2) is 8.55. The van der Waals surface area contributed by atoms with Crippen molar-refractivity contribution in [2.45, 2.75) is 20.0 Å². The Labute approximate surface area is 162 Å². The number of sulfonamides is 1. The van der Waals surface area contributed by atoms with Crippen LogP contribution in [0.1, 0.15) is 13.8 Å². The highest BCUT2D eigenvalue weighted by molar-refractivity contribution is 9.10. The highest BCUT2D eigenvalue weighted by Gasteiger charge is 2.22. The number of amides is 1. The first kappa shape index (κ1) is 20.3. The molecule has 2 aromatic carbocycles. The molecular formula is C18H21BrN2O4S. The predicted octanol–water partition coefficient (Wildman–Crippen LogP) is 3.64. The Kier molecular flexibility index (Phi) is 6.66. The number of benzene rings is 2. The van der Waals surface area contributed by atoms with E-state index in [9.17, 15) is 13.2 Å². The van der Waals surface area contributed by atoms with Crippen LogP contribution in [0.5, 0.6) is 5.75 Å². The molecule has 8 heteroatoms. The molecule has 1 N–H and O–H groups in total. The van der Waals surface area contributed by atoms with Gasteiger partial charge in [0, 0.05) is 10.2 Å². The average Bonchev–Trinajstić information content (AvgIpc) is 2.54. The van der Waals surface area contributed by atoms with Crippen molar-refractivity contribution in [2.24, 2.45) is 0 Å². The molecule has 6 nitrogen and oxygen atoms in total. The van der Waals surface area contributed by atoms with Crippen molar-refractivity contribution >= 4 is 43.2 Å². The third-order valence-corrected chi connectivity index (χ3v) is 5.12. The van der Waals surface area contributed by atoms with Crippen LogP contribution < -0.4 is 14.4 Å². The molecule has 0 aromatic heterocycles. The summed E-state index contributed by atoms with van der Waals surface area (Å²) in [5.74, 6) is 0.257. The fraction of sp³-hybridized carbons (Fsp3) is 0.278. The molecule has 0 spiro atoms. The molecule has 140 valence electrons. The van der Waals surface area contributed by atoms with Crippen molar-refractivity contribution < 1.29 is 17.9 Å². The number of ether oxygens (including phenoxy) is 1. The summed E-state index contributed by atoms with van der Waals surface area (Å²) in [6, 6.07) is 13.8. The van der Waals surface area contributed by atoms with Gasteiger partial charge in [-0.1, -0.05) is 12.1 Å². The Bertz CT molecular complexity index is 867. The molecule has 2 aromatic rings. The molecule has 0 saturated heterocycles. The van der Waals surface area contributed by atoms with Crippen molar-refractivity contribution in [1.82, 2.24) is 0 Å². The molecule has 0 radical (unpaired) electrons. The molecule has 0 saturated carbocycles. The number of carbonyl (C=O) groups excluding carboxylic acids is 1. The topological polar surface area (TPSA) is 75.7 Å². The maximum Gasteiger partial charge on any atom is 0.245 e. The predicted molar refractivity (Wildman–Crippen MR) is 107 cm³/mol. The lowest BCUT2D eigenvalue weighted by Crippen LogP contribution is -2.37. The molecule has 0 aliphatic heterocycles. The van der Waals surface area contributed by atoms with Gasteiger partial charge in [0.1, 0.15) is 12.3 Å². The zero-order valence-corrected chi connectivity index (χ0v) is 17.2. The van der Waals surface area contributed by atoms with E-state index in [1.54, 1.807) is 48.5 Å². The van der Waals surface area contributed by atoms with Gasteiger partial charge in [-0.05, 0) is 66.2 Å². The maximum absolute atomic E-state index is 12.4. The Morgan fingerprint density at radius 1 is 1.15 bits per heavy atom. The van der Waals surface area contributed by atoms with Crippen LogP contribution in [0.3, 0.4) is 0 Å². The summed E-state index contributed by atoms with van der Waals surface area (Å²) < 4.78 is 31.5. The number of hydrogen-bond acceptors (Lipinski definition) is 4. The minimum absolute atomic E-state index is 0.0584. The number of anilines is 2. The van der Waals surface area contributed by atoms with Crippen LogP contribution in [-0.2, 0) is 14.8 Å². The molecule has 0 fully saturated rings. The second-order valence-electron chi connectivity index (χ2n) is 5.96. The largest absolute Gasteiger partial charge is 0.491 e. The summed E-state index contributed by atoms with van der Waals surface area (Å²) in [5, 5.41) is 2.70. The van der Waals surface area contributed by atoms with E-state index in [0.717, 1.165) is 10.6 Å². The van der Waals surface area contributed by atoms with Crippen molar-refractivity contribution in [3.05, 3.63) is 53.0 Å². The van der Waals surface area contributed by atoms with E-state index >= 15 is 0 Å². The van der Waals surface area contributed by atoms with E-state index in [1.807, 2.05) is 13.8 Å². The average molecular weight is 441 g/mol. The number of nitrogens with zero attached hydrogens (tertiary/aromatic N) is 1. The lowest BCUT2D eigenvalue weighted by Gasteiger charge is -2.23. The second-order valence-corrected chi connectivity index (χ2v) is 8.72. The van der Waals surface area contributed by atoms with Crippen molar-refractivity contribution in [2.75, 3.05) is 22.4 Å². The molecule has 26 heavy (non-hydrogen) atoms. The summed E-state index contributed by atoms with van der Waals surface area (Å²) in [4.78, 5) is 12.4. The van der Waals surface area contributed by atoms with Crippen LogP contribution in [0.15, 0.2) is 53.0 Å². The highest BCUT2D eigenvalue weighted by atomic mass is 79.9. The monoisotopic (exact) mass is 440 g/mol. The quantitative estimate of drug-likeness (QED) is 0.712. The van der Waals surface area contributed by atoms with E-state index in [2.05, 4.69) is 21.2 Å². The number of nitrogens with one attached hydrogen (secondary N) is 1. The molecule has 0 atom stereocenters. The first-order chi connectivity index (χ1) is 12.2. The van der Waals surface area contributed by atoms with Gasteiger partial charge in [-0.25, -0.2) is 8.42 Å². The minimum Gasteiger partial charge on any atom is -0.491 e. The van der Waals surface area contributed by atoms with E-state index in [4.69, 9.17) is 4.74 Å². The minimum atomic E-state index is -3.63. The van der Waals surface area contributed by atoms with Crippen molar-refractivity contribution in [1.29, 1.82) is 0 Å². The molecule has 0 aliphatic rings. The Morgan fingerprint density at radius 2 is 1.77 bits per heavy atom. The molecule has 0 heterocycles. The fourth-order valence-electron chi connectivity index (χ4n) is 2.26. The van der Waals surface area contributed by atoms with Gasteiger partial charge < -0.3 is 10.1 Å². The summed E-state index contributed by atoms with van der Waals surface area (Å²) >= 11 is 3.32. The zero-order chi connectivity index (χ0) is 19.3. The van der Waals surface area contributed by atoms with Gasteiger partial charge in [-0.3, -0.25) is 9.10 Å². The summed E-state index contributed by atoms with van der Waals surface area (Å²) in [6.07, 6.45) is 1.13. The number of rotatable bonds is 7. The molecule has 1 amide bonds. The first-order valence-electron chi connectivity index (χ1n) is 7.95. The van der Waals surface area contributed by atoms with Crippen LogP contribution in [0.25, 0.3) is 0 Å². The van der Waals surface area contributed by atoms with Crippen molar-refractivity contribution in [3.8, 4) is 5.75 Å². The van der Waals surface area contributed by atoms with E-state index in [1.165, 1.54) is 0 Å². The number of halogens is 1. The van der Waals surface area contributed by atoms with Gasteiger partial charge in [-0.2, -0.15) is 0 Å². The highest BCUT2D eigenvalue weighted by Crippen LogP contribution is 2.27. The summed E-state index contributed by atoms with van der Waals surface area (Å²) in [5.41, 5.74) is 0.970. The van der Waals surface area contributed by atoms with Gasteiger partial charge in [0.2, 0.25) is 15.9 Å². The van der Waals surface area contributed by atoms with Gasteiger partial charge in [0.15, 0.2) is 0 Å². The van der Waals surface area contributed by atoms with Crippen LogP contribution >= 0.6 is 15.9 Å². The first-order valence-corrected chi connectivity index (χ1v) is 10.6. The van der Waals surface area contributed by atoms with Gasteiger partial charge in [-0.15, -0.1) is 0 Å². The molecule has 0 unspecified atom stereocenters.